The minimum Gasteiger partial charge on any atom is -0.456 e. The lowest BCUT2D eigenvalue weighted by molar-refractivity contribution is 0.666. The van der Waals surface area contributed by atoms with Gasteiger partial charge in [-0.05, 0) is 78.0 Å². The van der Waals surface area contributed by atoms with Gasteiger partial charge in [0.25, 0.3) is 0 Å². The summed E-state index contributed by atoms with van der Waals surface area (Å²) < 4.78 is 15.4. The van der Waals surface area contributed by atoms with Gasteiger partial charge in [0.2, 0.25) is 0 Å². The molecule has 5 nitrogen and oxygen atoms in total. The van der Waals surface area contributed by atoms with Gasteiger partial charge >= 0.3 is 0 Å². The van der Waals surface area contributed by atoms with Gasteiger partial charge in [-0.1, -0.05) is 121 Å². The average Bonchev–Trinajstić information content (AvgIpc) is 3.94. The van der Waals surface area contributed by atoms with Crippen molar-refractivity contribution in [2.75, 3.05) is 0 Å². The Hall–Kier alpha value is -7.50. The van der Waals surface area contributed by atoms with Gasteiger partial charge < -0.3 is 13.4 Å². The molecule has 5 heteroatoms. The zero-order valence-corrected chi connectivity index (χ0v) is 30.3. The Labute approximate surface area is 322 Å². The predicted molar refractivity (Wildman–Crippen MR) is 232 cm³/mol. The van der Waals surface area contributed by atoms with E-state index in [0.29, 0.717) is 6.54 Å². The third-order valence-electron chi connectivity index (χ3n) is 11.0. The fourth-order valence-corrected chi connectivity index (χ4v) is 8.40. The second-order valence-corrected chi connectivity index (χ2v) is 14.2. The number of aromatic nitrogens is 1. The van der Waals surface area contributed by atoms with E-state index in [4.69, 9.17) is 13.8 Å². The Morgan fingerprint density at radius 1 is 0.500 bits per heavy atom. The third kappa shape index (κ3) is 5.02. The van der Waals surface area contributed by atoms with E-state index in [1.807, 2.05) is 60.7 Å². The molecule has 0 atom stereocenters. The highest BCUT2D eigenvalue weighted by Gasteiger charge is 2.22. The molecule has 8 aromatic carbocycles. The Bertz CT molecular complexity index is 3360. The molecule has 3 aromatic heterocycles. The quantitative estimate of drug-likeness (QED) is 0.154. The van der Waals surface area contributed by atoms with Crippen LogP contribution in [0.15, 0.2) is 195 Å². The van der Waals surface area contributed by atoms with Crippen LogP contribution in [0, 0.1) is 0 Å². The van der Waals surface area contributed by atoms with Gasteiger partial charge in [0.05, 0.1) is 34.7 Å². The average molecular weight is 720 g/mol. The summed E-state index contributed by atoms with van der Waals surface area (Å²) in [6.45, 7) is 4.41. The molecule has 0 aliphatic heterocycles. The number of aliphatic imine (C=N–C) groups is 2. The number of hydrogen-bond acceptors (Lipinski definition) is 4. The molecule has 0 fully saturated rings. The lowest BCUT2D eigenvalue weighted by Gasteiger charge is -2.12. The monoisotopic (exact) mass is 719 g/mol. The van der Waals surface area contributed by atoms with Gasteiger partial charge in [0.1, 0.15) is 16.7 Å². The lowest BCUT2D eigenvalue weighted by atomic mass is 9.96. The van der Waals surface area contributed by atoms with E-state index in [9.17, 15) is 0 Å². The molecule has 0 unspecified atom stereocenters. The van der Waals surface area contributed by atoms with Gasteiger partial charge in [0, 0.05) is 43.4 Å². The van der Waals surface area contributed by atoms with Gasteiger partial charge in [-0.3, -0.25) is 9.98 Å². The largest absolute Gasteiger partial charge is 0.456 e. The summed E-state index contributed by atoms with van der Waals surface area (Å²) in [6.07, 6.45) is 0. The number of benzene rings is 8. The molecule has 11 aromatic rings. The first kappa shape index (κ1) is 32.0. The molecule has 3 heterocycles. The van der Waals surface area contributed by atoms with Gasteiger partial charge in [-0.2, -0.15) is 0 Å². The SMILES string of the molecule is C=Nc1ccccc1C(=NCc1ccccc1)c1cccc2oc3c(-n4c5ccccc5c5cc(-c6ccc7oc8ccccc8c7c6)ccc54)cccc3c12. The molecule has 0 N–H and O–H groups in total. The van der Waals surface area contributed by atoms with Crippen LogP contribution in [0.2, 0.25) is 0 Å². The summed E-state index contributed by atoms with van der Waals surface area (Å²) in [5.41, 5.74) is 13.6. The molecule has 56 heavy (non-hydrogen) atoms. The summed E-state index contributed by atoms with van der Waals surface area (Å²) in [7, 11) is 0. The summed E-state index contributed by atoms with van der Waals surface area (Å²) in [5, 5.41) is 6.63. The molecule has 11 rings (SSSR count). The highest BCUT2D eigenvalue weighted by Crippen LogP contribution is 2.41. The fourth-order valence-electron chi connectivity index (χ4n) is 8.40. The van der Waals surface area contributed by atoms with Gasteiger partial charge in [0.15, 0.2) is 5.58 Å². The Kier molecular flexibility index (Phi) is 7.32. The molecule has 0 aliphatic rings. The van der Waals surface area contributed by atoms with Crippen molar-refractivity contribution in [1.29, 1.82) is 0 Å². The molecular weight excluding hydrogens is 687 g/mol. The van der Waals surface area contributed by atoms with Crippen molar-refractivity contribution < 1.29 is 8.83 Å². The highest BCUT2D eigenvalue weighted by atomic mass is 16.3. The Morgan fingerprint density at radius 3 is 2.05 bits per heavy atom. The maximum Gasteiger partial charge on any atom is 0.159 e. The minimum atomic E-state index is 0.523. The predicted octanol–water partition coefficient (Wildman–Crippen LogP) is 13.6. The van der Waals surface area contributed by atoms with Crippen LogP contribution in [-0.4, -0.2) is 17.0 Å². The van der Waals surface area contributed by atoms with Crippen LogP contribution < -0.4 is 0 Å². The number of furan rings is 2. The van der Waals surface area contributed by atoms with E-state index in [2.05, 4.69) is 132 Å². The van der Waals surface area contributed by atoms with Crippen LogP contribution in [0.5, 0.6) is 0 Å². The van der Waals surface area contributed by atoms with Crippen LogP contribution in [0.3, 0.4) is 0 Å². The maximum absolute atomic E-state index is 6.89. The normalized spacial score (nSPS) is 12.2. The number of nitrogens with zero attached hydrogens (tertiary/aromatic N) is 3. The van der Waals surface area contributed by atoms with Crippen molar-refractivity contribution >= 4 is 83.8 Å². The molecule has 0 saturated carbocycles. The van der Waals surface area contributed by atoms with E-state index < -0.39 is 0 Å². The minimum absolute atomic E-state index is 0.523. The second kappa shape index (κ2) is 12.8. The molecule has 0 bridgehead atoms. The van der Waals surface area contributed by atoms with Crippen LogP contribution in [0.4, 0.5) is 5.69 Å². The van der Waals surface area contributed by atoms with Crippen LogP contribution in [-0.2, 0) is 6.54 Å². The van der Waals surface area contributed by atoms with Crippen LogP contribution in [0.1, 0.15) is 16.7 Å². The number of para-hydroxylation sites is 4. The fraction of sp³-hybridized carbons (Fsp3) is 0.0196. The molecule has 0 spiro atoms. The number of fused-ring (bicyclic) bond motifs is 9. The maximum atomic E-state index is 6.89. The highest BCUT2D eigenvalue weighted by molar-refractivity contribution is 6.26. The van der Waals surface area contributed by atoms with Crippen molar-refractivity contribution in [2.45, 2.75) is 6.54 Å². The Balaban J connectivity index is 1.11. The summed E-state index contributed by atoms with van der Waals surface area (Å²) >= 11 is 0. The topological polar surface area (TPSA) is 55.9 Å². The smallest absolute Gasteiger partial charge is 0.159 e. The zero-order valence-electron chi connectivity index (χ0n) is 30.3. The lowest BCUT2D eigenvalue weighted by Crippen LogP contribution is -2.05. The first-order valence-electron chi connectivity index (χ1n) is 18.8. The van der Waals surface area contributed by atoms with Crippen molar-refractivity contribution in [3.8, 4) is 16.8 Å². The molecule has 264 valence electrons. The van der Waals surface area contributed by atoms with E-state index >= 15 is 0 Å². The van der Waals surface area contributed by atoms with E-state index in [0.717, 1.165) is 99.8 Å². The van der Waals surface area contributed by atoms with E-state index in [1.165, 1.54) is 10.8 Å². The van der Waals surface area contributed by atoms with E-state index in [1.54, 1.807) is 0 Å². The molecule has 0 radical (unpaired) electrons. The molecule has 0 amide bonds. The number of hydrogen-bond donors (Lipinski definition) is 0. The molecule has 0 aliphatic carbocycles. The van der Waals surface area contributed by atoms with Crippen molar-refractivity contribution in [3.05, 3.63) is 193 Å². The number of rotatable bonds is 7. The third-order valence-corrected chi connectivity index (χ3v) is 11.0. The summed E-state index contributed by atoms with van der Waals surface area (Å²) in [5.74, 6) is 0. The molecule has 0 saturated heterocycles. The second-order valence-electron chi connectivity index (χ2n) is 14.2. The zero-order chi connectivity index (χ0) is 37.2. The first-order chi connectivity index (χ1) is 27.7. The van der Waals surface area contributed by atoms with Crippen LogP contribution >= 0.6 is 0 Å². The van der Waals surface area contributed by atoms with Crippen molar-refractivity contribution in [2.24, 2.45) is 9.98 Å². The molecular formula is C51H33N3O2. The van der Waals surface area contributed by atoms with Crippen molar-refractivity contribution in [1.82, 2.24) is 4.57 Å². The van der Waals surface area contributed by atoms with Crippen LogP contribution in [0.25, 0.3) is 82.5 Å². The van der Waals surface area contributed by atoms with Crippen molar-refractivity contribution in [3.63, 3.8) is 0 Å². The van der Waals surface area contributed by atoms with E-state index in [-0.39, 0.29) is 0 Å². The summed E-state index contributed by atoms with van der Waals surface area (Å²) in [6, 6.07) is 61.2. The standard InChI is InChI=1S/C51H33N3O2/c1-52-42-20-8-5-17-37(42)50(53-31-32-13-3-2-4-14-32)38-18-12-24-48-49(38)39-19-11-22-45(51(39)56-48)54-43-21-9-6-15-35(43)40-29-33(25-27-44(40)54)34-26-28-47-41(30-34)36-16-7-10-23-46(36)55-47/h2-30H,1,31H2. The Morgan fingerprint density at radius 2 is 1.16 bits per heavy atom. The van der Waals surface area contributed by atoms with Gasteiger partial charge in [-0.25, -0.2) is 0 Å². The van der Waals surface area contributed by atoms with Gasteiger partial charge in [-0.15, -0.1) is 0 Å². The first-order valence-corrected chi connectivity index (χ1v) is 18.8. The summed E-state index contributed by atoms with van der Waals surface area (Å²) in [4.78, 5) is 9.67.